The first kappa shape index (κ1) is 10.6. The molecule has 4 nitrogen and oxygen atoms in total. The van der Waals surface area contributed by atoms with E-state index < -0.39 is 29.1 Å². The summed E-state index contributed by atoms with van der Waals surface area (Å²) >= 11 is 0. The maximum Gasteiger partial charge on any atom is 0.315 e. The van der Waals surface area contributed by atoms with Crippen molar-refractivity contribution in [3.05, 3.63) is 35.6 Å². The van der Waals surface area contributed by atoms with Crippen LogP contribution in [0.5, 0.6) is 0 Å². The molecule has 2 rings (SSSR count). The third-order valence-corrected chi connectivity index (χ3v) is 2.98. The lowest BCUT2D eigenvalue weighted by Gasteiger charge is -2.11. The van der Waals surface area contributed by atoms with Crippen molar-refractivity contribution in [3.8, 4) is 0 Å². The second kappa shape index (κ2) is 3.30. The highest BCUT2D eigenvalue weighted by Gasteiger charge is 2.65. The second-order valence-corrected chi connectivity index (χ2v) is 3.88. The van der Waals surface area contributed by atoms with Crippen LogP contribution in [0.3, 0.4) is 0 Å². The minimum atomic E-state index is -1.45. The first-order chi connectivity index (χ1) is 7.48. The minimum absolute atomic E-state index is 0.0150. The number of halogens is 1. The number of carbonyl (C=O) groups is 2. The van der Waals surface area contributed by atoms with Crippen LogP contribution in [0.2, 0.25) is 0 Å². The third-order valence-electron chi connectivity index (χ3n) is 2.98. The Balaban J connectivity index is 2.44. The highest BCUT2D eigenvalue weighted by Crippen LogP contribution is 2.54. The fourth-order valence-corrected chi connectivity index (χ4v) is 2.01. The summed E-state index contributed by atoms with van der Waals surface area (Å²) in [5.41, 5.74) is -1.24. The molecule has 0 spiro atoms. The van der Waals surface area contributed by atoms with Gasteiger partial charge in [0.2, 0.25) is 0 Å². The summed E-state index contributed by atoms with van der Waals surface area (Å²) in [5, 5.41) is 17.9. The normalized spacial score (nSPS) is 27.4. The van der Waals surface area contributed by atoms with Crippen LogP contribution in [0.4, 0.5) is 4.39 Å². The van der Waals surface area contributed by atoms with E-state index in [4.69, 9.17) is 10.2 Å². The predicted octanol–water partition coefficient (Wildman–Crippen LogP) is 1.25. The fourth-order valence-electron chi connectivity index (χ4n) is 2.01. The zero-order chi connectivity index (χ0) is 11.9. The highest BCUT2D eigenvalue weighted by atomic mass is 19.1. The summed E-state index contributed by atoms with van der Waals surface area (Å²) in [4.78, 5) is 21.9. The van der Waals surface area contributed by atoms with Gasteiger partial charge in [-0.05, 0) is 24.1 Å². The summed E-state index contributed by atoms with van der Waals surface area (Å²) in [7, 11) is 0. The molecule has 1 saturated carbocycles. The van der Waals surface area contributed by atoms with Crippen LogP contribution in [0.15, 0.2) is 24.3 Å². The van der Waals surface area contributed by atoms with Crippen molar-refractivity contribution in [2.75, 3.05) is 0 Å². The molecule has 1 fully saturated rings. The van der Waals surface area contributed by atoms with Crippen LogP contribution in [-0.4, -0.2) is 22.2 Å². The lowest BCUT2D eigenvalue weighted by Crippen LogP contribution is -2.25. The van der Waals surface area contributed by atoms with E-state index in [1.165, 1.54) is 18.2 Å². The molecule has 2 atom stereocenters. The fraction of sp³-hybridized carbons (Fsp3) is 0.273. The number of hydrogen-bond acceptors (Lipinski definition) is 2. The van der Waals surface area contributed by atoms with Gasteiger partial charge in [-0.3, -0.25) is 9.59 Å². The van der Waals surface area contributed by atoms with Crippen LogP contribution in [-0.2, 0) is 15.0 Å². The van der Waals surface area contributed by atoms with Crippen LogP contribution in [0.25, 0.3) is 0 Å². The van der Waals surface area contributed by atoms with E-state index in [1.807, 2.05) is 0 Å². The Kier molecular flexibility index (Phi) is 2.18. The molecule has 0 unspecified atom stereocenters. The molecule has 2 N–H and O–H groups in total. The molecule has 0 saturated heterocycles. The number of rotatable bonds is 3. The van der Waals surface area contributed by atoms with Crippen molar-refractivity contribution < 1.29 is 24.2 Å². The maximum atomic E-state index is 13.0. The third kappa shape index (κ3) is 1.36. The molecule has 84 valence electrons. The Labute approximate surface area is 90.3 Å². The van der Waals surface area contributed by atoms with Gasteiger partial charge in [0.1, 0.15) is 11.2 Å². The topological polar surface area (TPSA) is 74.6 Å². The number of aliphatic carboxylic acids is 2. The van der Waals surface area contributed by atoms with Gasteiger partial charge in [0.05, 0.1) is 5.92 Å². The highest BCUT2D eigenvalue weighted by molar-refractivity contribution is 5.94. The van der Waals surface area contributed by atoms with Gasteiger partial charge in [-0.2, -0.15) is 0 Å². The van der Waals surface area contributed by atoms with Crippen LogP contribution in [0.1, 0.15) is 12.0 Å². The number of carboxylic acid groups (broad SMARTS) is 2. The summed E-state index contributed by atoms with van der Waals surface area (Å²) < 4.78 is 13.0. The zero-order valence-electron chi connectivity index (χ0n) is 8.18. The SMILES string of the molecule is O=C(O)[C@@H]1C[C@@]1(C(=O)O)c1cccc(F)c1. The quantitative estimate of drug-likeness (QED) is 0.810. The molecule has 0 aromatic heterocycles. The van der Waals surface area contributed by atoms with Crippen LogP contribution >= 0.6 is 0 Å². The van der Waals surface area contributed by atoms with Gasteiger partial charge in [-0.15, -0.1) is 0 Å². The summed E-state index contributed by atoms with van der Waals surface area (Å²) in [6, 6.07) is 5.10. The molecule has 0 aliphatic heterocycles. The van der Waals surface area contributed by atoms with Gasteiger partial charge >= 0.3 is 11.9 Å². The lowest BCUT2D eigenvalue weighted by atomic mass is 9.93. The van der Waals surface area contributed by atoms with Gasteiger partial charge in [0.15, 0.2) is 0 Å². The summed E-state index contributed by atoms with van der Waals surface area (Å²) in [6.07, 6.45) is 0.0150. The Morgan fingerprint density at radius 2 is 2.06 bits per heavy atom. The van der Waals surface area contributed by atoms with Gasteiger partial charge in [-0.1, -0.05) is 12.1 Å². The Morgan fingerprint density at radius 3 is 2.50 bits per heavy atom. The van der Waals surface area contributed by atoms with Crippen molar-refractivity contribution >= 4 is 11.9 Å². The maximum absolute atomic E-state index is 13.0. The van der Waals surface area contributed by atoms with Crippen LogP contribution < -0.4 is 0 Å². The molecule has 1 aromatic carbocycles. The molecule has 1 aliphatic rings. The Hall–Kier alpha value is -1.91. The van der Waals surface area contributed by atoms with Gasteiger partial charge in [0.25, 0.3) is 0 Å². The molecule has 5 heteroatoms. The second-order valence-electron chi connectivity index (χ2n) is 3.88. The molecule has 1 aromatic rings. The molecule has 1 aliphatic carbocycles. The van der Waals surface area contributed by atoms with Gasteiger partial charge < -0.3 is 10.2 Å². The van der Waals surface area contributed by atoms with Gasteiger partial charge in [-0.25, -0.2) is 4.39 Å². The average molecular weight is 224 g/mol. The Bertz CT molecular complexity index is 471. The Morgan fingerprint density at radius 1 is 1.38 bits per heavy atom. The summed E-state index contributed by atoms with van der Waals surface area (Å²) in [6.45, 7) is 0. The smallest absolute Gasteiger partial charge is 0.315 e. The van der Waals surface area contributed by atoms with Crippen molar-refractivity contribution in [1.29, 1.82) is 0 Å². The van der Waals surface area contributed by atoms with E-state index in [1.54, 1.807) is 0 Å². The zero-order valence-corrected chi connectivity index (χ0v) is 8.18. The van der Waals surface area contributed by atoms with Crippen molar-refractivity contribution in [1.82, 2.24) is 0 Å². The van der Waals surface area contributed by atoms with Crippen molar-refractivity contribution in [3.63, 3.8) is 0 Å². The van der Waals surface area contributed by atoms with Crippen molar-refractivity contribution in [2.45, 2.75) is 11.8 Å². The molecule has 0 bridgehead atoms. The van der Waals surface area contributed by atoms with Crippen LogP contribution in [0, 0.1) is 11.7 Å². The van der Waals surface area contributed by atoms with E-state index in [0.717, 1.165) is 6.07 Å². The largest absolute Gasteiger partial charge is 0.481 e. The molecule has 16 heavy (non-hydrogen) atoms. The molecule has 0 amide bonds. The first-order valence-corrected chi connectivity index (χ1v) is 4.70. The van der Waals surface area contributed by atoms with E-state index in [2.05, 4.69) is 0 Å². The van der Waals surface area contributed by atoms with E-state index in [0.29, 0.717) is 0 Å². The number of benzene rings is 1. The lowest BCUT2D eigenvalue weighted by molar-refractivity contribution is -0.145. The minimum Gasteiger partial charge on any atom is -0.481 e. The molecule has 0 heterocycles. The number of hydrogen-bond donors (Lipinski definition) is 2. The molecule has 0 radical (unpaired) electrons. The summed E-state index contributed by atoms with van der Waals surface area (Å²) in [5.74, 6) is -3.90. The molecular formula is C11H9FO4. The average Bonchev–Trinajstić information content (AvgIpc) is 2.93. The predicted molar refractivity (Wildman–Crippen MR) is 51.5 cm³/mol. The van der Waals surface area contributed by atoms with E-state index >= 15 is 0 Å². The number of carboxylic acids is 2. The van der Waals surface area contributed by atoms with E-state index in [9.17, 15) is 14.0 Å². The molecular weight excluding hydrogens is 215 g/mol. The standard InChI is InChI=1S/C11H9FO4/c12-7-3-1-2-6(4-7)11(10(15)16)5-8(11)9(13)14/h1-4,8H,5H2,(H,13,14)(H,15,16)/t8-,11+/m0/s1. The van der Waals surface area contributed by atoms with Crippen molar-refractivity contribution in [2.24, 2.45) is 5.92 Å². The monoisotopic (exact) mass is 224 g/mol. The van der Waals surface area contributed by atoms with Gasteiger partial charge in [0, 0.05) is 0 Å². The first-order valence-electron chi connectivity index (χ1n) is 4.70. The van der Waals surface area contributed by atoms with E-state index in [-0.39, 0.29) is 12.0 Å².